The maximum atomic E-state index is 4.64. The van der Waals surface area contributed by atoms with Crippen LogP contribution in [0.2, 0.25) is 0 Å². The van der Waals surface area contributed by atoms with E-state index in [-0.39, 0.29) is 0 Å². The molecule has 0 N–H and O–H groups in total. The Labute approximate surface area is 140 Å². The van der Waals surface area contributed by atoms with E-state index in [1.54, 1.807) is 0 Å². The predicted octanol–water partition coefficient (Wildman–Crippen LogP) is 3.68. The zero-order valence-corrected chi connectivity index (χ0v) is 14.3. The van der Waals surface area contributed by atoms with Gasteiger partial charge in [0.15, 0.2) is 0 Å². The van der Waals surface area contributed by atoms with Gasteiger partial charge in [0.05, 0.1) is 17.4 Å². The van der Waals surface area contributed by atoms with Crippen molar-refractivity contribution in [2.75, 3.05) is 25.4 Å². The maximum Gasteiger partial charge on any atom is 0.134 e. The van der Waals surface area contributed by atoms with E-state index in [1.165, 1.54) is 60.5 Å². The van der Waals surface area contributed by atoms with Crippen LogP contribution in [-0.2, 0) is 6.42 Å². The van der Waals surface area contributed by atoms with Gasteiger partial charge < -0.3 is 4.90 Å². The Morgan fingerprint density at radius 2 is 2.09 bits per heavy atom. The third-order valence-electron chi connectivity index (χ3n) is 4.86. The van der Waals surface area contributed by atoms with Crippen molar-refractivity contribution in [1.29, 1.82) is 0 Å². The van der Waals surface area contributed by atoms with Gasteiger partial charge in [-0.3, -0.25) is 0 Å². The molecular formula is C17H21N3S2. The third-order valence-corrected chi connectivity index (χ3v) is 6.58. The lowest BCUT2D eigenvalue weighted by atomic mass is 9.90. The number of nitrogens with zero attached hydrogens (tertiary/aromatic N) is 3. The van der Waals surface area contributed by atoms with Crippen LogP contribution in [0.1, 0.15) is 30.0 Å². The van der Waals surface area contributed by atoms with E-state index in [9.17, 15) is 0 Å². The molecule has 5 heteroatoms. The van der Waals surface area contributed by atoms with Crippen LogP contribution in [0.25, 0.3) is 0 Å². The minimum atomic E-state index is 0.643. The zero-order valence-electron chi connectivity index (χ0n) is 12.6. The number of thioether (sulfide) groups is 1. The Kier molecular flexibility index (Phi) is 4.46. The molecule has 3 nitrogen and oxygen atoms in total. The van der Waals surface area contributed by atoms with Gasteiger partial charge in [0.1, 0.15) is 5.03 Å². The highest BCUT2D eigenvalue weighted by Crippen LogP contribution is 2.42. The number of hydrogen-bond donors (Lipinski definition) is 0. The van der Waals surface area contributed by atoms with Gasteiger partial charge in [0, 0.05) is 19.0 Å². The molecule has 3 heterocycles. The first-order valence-electron chi connectivity index (χ1n) is 8.11. The molecule has 1 aromatic carbocycles. The van der Waals surface area contributed by atoms with Gasteiger partial charge in [-0.2, -0.15) is 8.75 Å². The van der Waals surface area contributed by atoms with E-state index >= 15 is 0 Å². The highest BCUT2D eigenvalue weighted by Gasteiger charge is 2.41. The second-order valence-corrected chi connectivity index (χ2v) is 7.92. The fourth-order valence-electron chi connectivity index (χ4n) is 3.70. The SMILES string of the molecule is c1ccc(CCCSc2nsnc2[C@@H]2CN3CCC2C3)cc1. The van der Waals surface area contributed by atoms with Gasteiger partial charge in [-0.25, -0.2) is 0 Å². The molecule has 2 aliphatic rings. The van der Waals surface area contributed by atoms with Crippen molar-refractivity contribution >= 4 is 23.5 Å². The molecule has 2 fully saturated rings. The van der Waals surface area contributed by atoms with E-state index in [0.29, 0.717) is 5.92 Å². The molecule has 0 saturated carbocycles. The molecule has 3 atom stereocenters. The minimum absolute atomic E-state index is 0.643. The standard InChI is InChI=1S/C17H21N3S2/c1-2-5-13(6-3-1)7-4-10-21-17-16(18-22-19-17)15-12-20-9-8-14(15)11-20/h1-3,5-6,14-15H,4,7-12H2/t14?,15-/m1/s1. The summed E-state index contributed by atoms with van der Waals surface area (Å²) in [7, 11) is 0. The summed E-state index contributed by atoms with van der Waals surface area (Å²) < 4.78 is 9.20. The van der Waals surface area contributed by atoms with Crippen LogP contribution in [0.3, 0.4) is 0 Å². The first-order chi connectivity index (χ1) is 10.9. The van der Waals surface area contributed by atoms with E-state index in [1.807, 2.05) is 11.8 Å². The molecule has 2 saturated heterocycles. The summed E-state index contributed by atoms with van der Waals surface area (Å²) in [6.07, 6.45) is 3.70. The minimum Gasteiger partial charge on any atom is -0.302 e. The second kappa shape index (κ2) is 6.69. The van der Waals surface area contributed by atoms with Gasteiger partial charge in [-0.1, -0.05) is 30.3 Å². The summed E-state index contributed by atoms with van der Waals surface area (Å²) in [6, 6.07) is 10.7. The molecule has 0 amide bonds. The predicted molar refractivity (Wildman–Crippen MR) is 92.7 cm³/mol. The van der Waals surface area contributed by atoms with Crippen LogP contribution in [0.5, 0.6) is 0 Å². The van der Waals surface area contributed by atoms with E-state index in [4.69, 9.17) is 0 Å². The van der Waals surface area contributed by atoms with Crippen LogP contribution in [-0.4, -0.2) is 39.0 Å². The van der Waals surface area contributed by atoms with Crippen molar-refractivity contribution < 1.29 is 0 Å². The normalized spacial score (nSPS) is 26.6. The Morgan fingerprint density at radius 3 is 2.86 bits per heavy atom. The quantitative estimate of drug-likeness (QED) is 0.596. The third kappa shape index (κ3) is 3.07. The Morgan fingerprint density at radius 1 is 1.18 bits per heavy atom. The number of fused-ring (bicyclic) bond motifs is 2. The maximum absolute atomic E-state index is 4.64. The average molecular weight is 332 g/mol. The van der Waals surface area contributed by atoms with Gasteiger partial charge in [-0.15, -0.1) is 11.8 Å². The molecule has 0 spiro atoms. The van der Waals surface area contributed by atoms with Crippen LogP contribution in [0, 0.1) is 5.92 Å². The molecule has 116 valence electrons. The highest BCUT2D eigenvalue weighted by atomic mass is 32.2. The fourth-order valence-corrected chi connectivity index (χ4v) is 5.41. The Hall–Kier alpha value is -0.910. The van der Waals surface area contributed by atoms with Crippen molar-refractivity contribution in [3.05, 3.63) is 41.6 Å². The Balaban J connectivity index is 1.31. The number of aryl methyl sites for hydroxylation is 1. The van der Waals surface area contributed by atoms with Crippen LogP contribution in [0.4, 0.5) is 0 Å². The van der Waals surface area contributed by atoms with Crippen molar-refractivity contribution in [2.24, 2.45) is 5.92 Å². The van der Waals surface area contributed by atoms with Gasteiger partial charge >= 0.3 is 0 Å². The smallest absolute Gasteiger partial charge is 0.134 e. The average Bonchev–Trinajstić information content (AvgIpc) is 3.28. The van der Waals surface area contributed by atoms with Crippen molar-refractivity contribution in [3.8, 4) is 0 Å². The first-order valence-corrected chi connectivity index (χ1v) is 9.83. The second-order valence-electron chi connectivity index (χ2n) is 6.31. The molecule has 0 aliphatic carbocycles. The number of hydrogen-bond acceptors (Lipinski definition) is 5. The lowest BCUT2D eigenvalue weighted by Gasteiger charge is -2.20. The van der Waals surface area contributed by atoms with Crippen molar-refractivity contribution in [1.82, 2.24) is 13.6 Å². The largest absolute Gasteiger partial charge is 0.302 e. The van der Waals surface area contributed by atoms with E-state index < -0.39 is 0 Å². The molecule has 4 rings (SSSR count). The van der Waals surface area contributed by atoms with Crippen LogP contribution in [0.15, 0.2) is 35.4 Å². The molecule has 2 aliphatic heterocycles. The Bertz CT molecular complexity index is 613. The van der Waals surface area contributed by atoms with Crippen LogP contribution < -0.4 is 0 Å². The topological polar surface area (TPSA) is 29.0 Å². The zero-order chi connectivity index (χ0) is 14.8. The summed E-state index contributed by atoms with van der Waals surface area (Å²) in [5.74, 6) is 2.60. The molecule has 1 aromatic heterocycles. The van der Waals surface area contributed by atoms with Gasteiger partial charge in [0.25, 0.3) is 0 Å². The molecular weight excluding hydrogens is 310 g/mol. The lowest BCUT2D eigenvalue weighted by molar-refractivity contribution is 0.342. The van der Waals surface area contributed by atoms with Crippen molar-refractivity contribution in [3.63, 3.8) is 0 Å². The summed E-state index contributed by atoms with van der Waals surface area (Å²) in [6.45, 7) is 3.77. The number of rotatable bonds is 6. The molecule has 2 bridgehead atoms. The molecule has 2 unspecified atom stereocenters. The van der Waals surface area contributed by atoms with Gasteiger partial charge in [0.2, 0.25) is 0 Å². The number of aromatic nitrogens is 2. The lowest BCUT2D eigenvalue weighted by Crippen LogP contribution is -2.22. The molecule has 0 radical (unpaired) electrons. The summed E-state index contributed by atoms with van der Waals surface area (Å²) in [5.41, 5.74) is 2.72. The van der Waals surface area contributed by atoms with Gasteiger partial charge in [-0.05, 0) is 43.0 Å². The molecule has 22 heavy (non-hydrogen) atoms. The first kappa shape index (κ1) is 14.7. The molecule has 2 aromatic rings. The summed E-state index contributed by atoms with van der Waals surface area (Å²) in [4.78, 5) is 2.58. The van der Waals surface area contributed by atoms with E-state index in [2.05, 4.69) is 44.0 Å². The summed E-state index contributed by atoms with van der Waals surface area (Å²) in [5, 5.41) is 1.21. The number of benzene rings is 1. The fraction of sp³-hybridized carbons (Fsp3) is 0.529. The van der Waals surface area contributed by atoms with E-state index in [0.717, 1.165) is 18.1 Å². The monoisotopic (exact) mass is 331 g/mol. The number of piperidine rings is 1. The van der Waals surface area contributed by atoms with Crippen LogP contribution >= 0.6 is 23.5 Å². The summed E-state index contributed by atoms with van der Waals surface area (Å²) >= 11 is 3.30. The van der Waals surface area contributed by atoms with Crippen molar-refractivity contribution in [2.45, 2.75) is 30.2 Å². The highest BCUT2D eigenvalue weighted by molar-refractivity contribution is 7.99.